The van der Waals surface area contributed by atoms with Crippen molar-refractivity contribution in [1.82, 2.24) is 4.98 Å². The van der Waals surface area contributed by atoms with Crippen LogP contribution in [-0.4, -0.2) is 31.1 Å². The molecule has 6 nitrogen and oxygen atoms in total. The Balaban J connectivity index is 3.07. The molecule has 1 heterocycles. The molecule has 88 valence electrons. The Bertz CT molecular complexity index is 514. The van der Waals surface area contributed by atoms with Gasteiger partial charge in [0.2, 0.25) is 0 Å². The van der Waals surface area contributed by atoms with E-state index in [2.05, 4.69) is 26.3 Å². The highest BCUT2D eigenvalue weighted by Gasteiger charge is 2.11. The fraction of sp³-hybridized carbons (Fsp3) is 0.182. The topological polar surface area (TPSA) is 91.5 Å². The first kappa shape index (κ1) is 12.5. The van der Waals surface area contributed by atoms with E-state index in [1.54, 1.807) is 0 Å². The number of esters is 2. The van der Waals surface area contributed by atoms with Crippen LogP contribution in [0.3, 0.4) is 0 Å². The van der Waals surface area contributed by atoms with Crippen LogP contribution in [0.4, 0.5) is 5.82 Å². The van der Waals surface area contributed by atoms with E-state index >= 15 is 0 Å². The molecular weight excluding hydrogens is 224 g/mol. The second-order valence-corrected chi connectivity index (χ2v) is 2.89. The van der Waals surface area contributed by atoms with Gasteiger partial charge in [0.1, 0.15) is 11.4 Å². The van der Waals surface area contributed by atoms with Gasteiger partial charge in [-0.05, 0) is 6.07 Å². The summed E-state index contributed by atoms with van der Waals surface area (Å²) < 4.78 is 8.87. The first-order valence-corrected chi connectivity index (χ1v) is 4.52. The molecule has 0 spiro atoms. The van der Waals surface area contributed by atoms with Gasteiger partial charge in [0.25, 0.3) is 0 Å². The third kappa shape index (κ3) is 3.21. The van der Waals surface area contributed by atoms with E-state index in [1.165, 1.54) is 26.5 Å². The lowest BCUT2D eigenvalue weighted by molar-refractivity contribution is -0.133. The number of pyridine rings is 1. The minimum Gasteiger partial charge on any atom is -0.465 e. The summed E-state index contributed by atoms with van der Waals surface area (Å²) in [6.45, 7) is 0. The van der Waals surface area contributed by atoms with E-state index < -0.39 is 11.9 Å². The highest BCUT2D eigenvalue weighted by Crippen LogP contribution is 2.11. The molecule has 0 amide bonds. The molecule has 17 heavy (non-hydrogen) atoms. The van der Waals surface area contributed by atoms with Gasteiger partial charge in [0.15, 0.2) is 0 Å². The molecule has 0 bridgehead atoms. The van der Waals surface area contributed by atoms with Crippen molar-refractivity contribution in [2.75, 3.05) is 20.0 Å². The molecule has 1 aromatic heterocycles. The summed E-state index contributed by atoms with van der Waals surface area (Å²) in [5.74, 6) is 3.45. The molecule has 0 unspecified atom stereocenters. The first-order valence-electron chi connectivity index (χ1n) is 4.52. The van der Waals surface area contributed by atoms with Crippen LogP contribution in [0.5, 0.6) is 0 Å². The van der Waals surface area contributed by atoms with Crippen molar-refractivity contribution in [2.45, 2.75) is 0 Å². The maximum Gasteiger partial charge on any atom is 0.384 e. The number of hydrogen-bond acceptors (Lipinski definition) is 6. The third-order valence-electron chi connectivity index (χ3n) is 1.82. The van der Waals surface area contributed by atoms with Crippen molar-refractivity contribution >= 4 is 17.8 Å². The van der Waals surface area contributed by atoms with Crippen molar-refractivity contribution in [3.63, 3.8) is 0 Å². The quantitative estimate of drug-likeness (QED) is 0.542. The molecule has 6 heteroatoms. The average Bonchev–Trinajstić information content (AvgIpc) is 2.36. The Morgan fingerprint density at radius 2 is 2.06 bits per heavy atom. The zero-order valence-electron chi connectivity index (χ0n) is 9.31. The molecule has 0 saturated heterocycles. The van der Waals surface area contributed by atoms with Crippen molar-refractivity contribution < 1.29 is 19.1 Å². The fourth-order valence-electron chi connectivity index (χ4n) is 0.991. The lowest BCUT2D eigenvalue weighted by Gasteiger charge is -2.02. The Labute approximate surface area is 97.7 Å². The standard InChI is InChI=1S/C11H10N2O4/c1-16-9(14)4-3-7-5-8(11(15)17-2)10(12)13-6-7/h5-6H,1-2H3,(H2,12,13). The van der Waals surface area contributed by atoms with Gasteiger partial charge in [-0.3, -0.25) is 0 Å². The van der Waals surface area contributed by atoms with E-state index in [-0.39, 0.29) is 11.4 Å². The number of aromatic nitrogens is 1. The number of hydrogen-bond donors (Lipinski definition) is 1. The van der Waals surface area contributed by atoms with Crippen molar-refractivity contribution in [3.05, 3.63) is 23.4 Å². The SMILES string of the molecule is COC(=O)C#Cc1cnc(N)c(C(=O)OC)c1. The number of anilines is 1. The summed E-state index contributed by atoms with van der Waals surface area (Å²) in [6.07, 6.45) is 1.34. The van der Waals surface area contributed by atoms with Gasteiger partial charge in [-0.1, -0.05) is 5.92 Å². The smallest absolute Gasteiger partial charge is 0.384 e. The molecule has 0 aliphatic heterocycles. The molecule has 0 saturated carbocycles. The Morgan fingerprint density at radius 1 is 1.35 bits per heavy atom. The normalized spacial score (nSPS) is 8.82. The van der Waals surface area contributed by atoms with Gasteiger partial charge in [-0.25, -0.2) is 14.6 Å². The number of nitrogen functional groups attached to an aromatic ring is 1. The Morgan fingerprint density at radius 3 is 2.65 bits per heavy atom. The number of rotatable bonds is 1. The summed E-state index contributed by atoms with van der Waals surface area (Å²) >= 11 is 0. The Hall–Kier alpha value is -2.55. The van der Waals surface area contributed by atoms with Gasteiger partial charge >= 0.3 is 11.9 Å². The van der Waals surface area contributed by atoms with E-state index in [0.29, 0.717) is 5.56 Å². The zero-order valence-corrected chi connectivity index (χ0v) is 9.31. The van der Waals surface area contributed by atoms with Gasteiger partial charge in [-0.2, -0.15) is 0 Å². The molecule has 0 radical (unpaired) electrons. The van der Waals surface area contributed by atoms with Crippen molar-refractivity contribution in [2.24, 2.45) is 0 Å². The molecule has 2 N–H and O–H groups in total. The molecule has 0 aliphatic rings. The molecule has 0 aliphatic carbocycles. The van der Waals surface area contributed by atoms with Crippen LogP contribution in [0.2, 0.25) is 0 Å². The summed E-state index contributed by atoms with van der Waals surface area (Å²) in [7, 11) is 2.45. The molecule has 0 fully saturated rings. The predicted molar refractivity (Wildman–Crippen MR) is 58.9 cm³/mol. The van der Waals surface area contributed by atoms with E-state index in [1.807, 2.05) is 0 Å². The summed E-state index contributed by atoms with van der Waals surface area (Å²) in [4.78, 5) is 25.9. The largest absolute Gasteiger partial charge is 0.465 e. The second-order valence-electron chi connectivity index (χ2n) is 2.89. The number of methoxy groups -OCH3 is 2. The number of nitrogens with two attached hydrogens (primary N) is 1. The van der Waals surface area contributed by atoms with Gasteiger partial charge in [0, 0.05) is 17.7 Å². The van der Waals surface area contributed by atoms with Gasteiger partial charge in [-0.15, -0.1) is 0 Å². The van der Waals surface area contributed by atoms with Crippen LogP contribution in [0.15, 0.2) is 12.3 Å². The van der Waals surface area contributed by atoms with Crippen LogP contribution in [0.25, 0.3) is 0 Å². The minimum atomic E-state index is -0.679. The highest BCUT2D eigenvalue weighted by atomic mass is 16.5. The number of carbonyl (C=O) groups is 2. The first-order chi connectivity index (χ1) is 8.08. The van der Waals surface area contributed by atoms with Crippen molar-refractivity contribution in [1.29, 1.82) is 0 Å². The number of ether oxygens (including phenoxy) is 2. The Kier molecular flexibility index (Phi) is 4.06. The summed E-state index contributed by atoms with van der Waals surface area (Å²) in [5.41, 5.74) is 5.96. The lowest BCUT2D eigenvalue weighted by Crippen LogP contribution is -2.07. The molecule has 1 rings (SSSR count). The van der Waals surface area contributed by atoms with Crippen LogP contribution in [0.1, 0.15) is 15.9 Å². The van der Waals surface area contributed by atoms with Crippen LogP contribution in [-0.2, 0) is 14.3 Å². The van der Waals surface area contributed by atoms with Crippen LogP contribution < -0.4 is 5.73 Å². The summed E-state index contributed by atoms with van der Waals surface area (Å²) in [6, 6.07) is 1.39. The maximum absolute atomic E-state index is 11.3. The van der Waals surface area contributed by atoms with E-state index in [9.17, 15) is 9.59 Å². The van der Waals surface area contributed by atoms with Gasteiger partial charge in [0.05, 0.1) is 14.2 Å². The maximum atomic E-state index is 11.3. The number of carbonyl (C=O) groups excluding carboxylic acids is 2. The molecule has 1 aromatic rings. The monoisotopic (exact) mass is 234 g/mol. The molecule has 0 aromatic carbocycles. The second kappa shape index (κ2) is 5.51. The predicted octanol–water partition coefficient (Wildman–Crippen LogP) is -0.0251. The summed E-state index contributed by atoms with van der Waals surface area (Å²) in [5, 5.41) is 0. The average molecular weight is 234 g/mol. The van der Waals surface area contributed by atoms with Gasteiger partial charge < -0.3 is 15.2 Å². The highest BCUT2D eigenvalue weighted by molar-refractivity contribution is 5.94. The number of nitrogens with zero attached hydrogens (tertiary/aromatic N) is 1. The van der Waals surface area contributed by atoms with Crippen LogP contribution >= 0.6 is 0 Å². The molecular formula is C11H10N2O4. The zero-order chi connectivity index (χ0) is 12.8. The van der Waals surface area contributed by atoms with E-state index in [0.717, 1.165) is 0 Å². The molecule has 0 atom stereocenters. The lowest BCUT2D eigenvalue weighted by atomic mass is 10.2. The van der Waals surface area contributed by atoms with E-state index in [4.69, 9.17) is 5.73 Å². The fourth-order valence-corrected chi connectivity index (χ4v) is 0.991. The third-order valence-corrected chi connectivity index (χ3v) is 1.82. The van der Waals surface area contributed by atoms with Crippen LogP contribution in [0, 0.1) is 11.8 Å². The minimum absolute atomic E-state index is 0.0421. The van der Waals surface area contributed by atoms with Crippen molar-refractivity contribution in [3.8, 4) is 11.8 Å².